The molecule has 0 atom stereocenters. The molecule has 5 rings (SSSR count). The van der Waals surface area contributed by atoms with Crippen LogP contribution in [0.15, 0.2) is 66.7 Å². The van der Waals surface area contributed by atoms with Crippen LogP contribution in [0.2, 0.25) is 0 Å². The monoisotopic (exact) mass is 457 g/mol. The Bertz CT molecular complexity index is 1360. The normalized spacial score (nSPS) is 11.7. The van der Waals surface area contributed by atoms with Gasteiger partial charge in [0.05, 0.1) is 33.9 Å². The van der Waals surface area contributed by atoms with Crippen LogP contribution in [0.4, 0.5) is 0 Å². The molecule has 8 heteroatoms. The van der Waals surface area contributed by atoms with Crippen LogP contribution in [0.5, 0.6) is 11.5 Å². The second-order valence-corrected chi connectivity index (χ2v) is 8.27. The third kappa shape index (κ3) is 4.28. The Hall–Kier alpha value is -4.17. The smallest absolute Gasteiger partial charge is 0.341 e. The summed E-state index contributed by atoms with van der Waals surface area (Å²) in [5.41, 5.74) is 4.41. The van der Waals surface area contributed by atoms with E-state index in [1.54, 1.807) is 23.5 Å². The summed E-state index contributed by atoms with van der Waals surface area (Å²) in [5.74, 6) is 0.463. The van der Waals surface area contributed by atoms with Gasteiger partial charge in [-0.25, -0.2) is 14.8 Å². The average Bonchev–Trinajstić information content (AvgIpc) is 3.45. The highest BCUT2D eigenvalue weighted by atomic mass is 32.1. The van der Waals surface area contributed by atoms with Gasteiger partial charge < -0.3 is 19.6 Å². The first-order valence-corrected chi connectivity index (χ1v) is 11.0. The topological polar surface area (TPSA) is 97.3 Å². The van der Waals surface area contributed by atoms with Crippen LogP contribution in [0.1, 0.15) is 16.4 Å². The lowest BCUT2D eigenvalue weighted by atomic mass is 10.1. The summed E-state index contributed by atoms with van der Waals surface area (Å²) in [6, 6.07) is 21.2. The van der Waals surface area contributed by atoms with Crippen molar-refractivity contribution < 1.29 is 19.4 Å². The number of carboxylic acids is 1. The Morgan fingerprint density at radius 1 is 1.03 bits per heavy atom. The summed E-state index contributed by atoms with van der Waals surface area (Å²) in [7, 11) is 1.52. The Morgan fingerprint density at radius 3 is 2.58 bits per heavy atom. The number of aliphatic carboxylic acids is 1. The van der Waals surface area contributed by atoms with Gasteiger partial charge in [-0.05, 0) is 48.0 Å². The van der Waals surface area contributed by atoms with Gasteiger partial charge in [0.15, 0.2) is 18.1 Å². The second kappa shape index (κ2) is 8.76. The summed E-state index contributed by atoms with van der Waals surface area (Å²) in [4.78, 5) is 23.9. The minimum Gasteiger partial charge on any atom is -0.493 e. The van der Waals surface area contributed by atoms with Crippen molar-refractivity contribution in [1.29, 1.82) is 0 Å². The molecule has 0 unspecified atom stereocenters. The first-order valence-electron chi connectivity index (χ1n) is 10.2. The van der Waals surface area contributed by atoms with Crippen molar-refractivity contribution >= 4 is 50.2 Å². The summed E-state index contributed by atoms with van der Waals surface area (Å²) in [6.07, 6.45) is 1.99. The third-order valence-electron chi connectivity index (χ3n) is 5.02. The summed E-state index contributed by atoms with van der Waals surface area (Å²) in [5, 5.41) is 9.73. The number of imidazole rings is 1. The van der Waals surface area contributed by atoms with E-state index in [1.165, 1.54) is 7.11 Å². The van der Waals surface area contributed by atoms with Crippen LogP contribution >= 0.6 is 11.3 Å². The van der Waals surface area contributed by atoms with E-state index in [-0.39, 0.29) is 0 Å². The number of ether oxygens (including phenoxy) is 2. The Balaban J connectivity index is 1.63. The van der Waals surface area contributed by atoms with E-state index in [0.29, 0.717) is 17.3 Å². The third-order valence-corrected chi connectivity index (χ3v) is 6.09. The van der Waals surface area contributed by atoms with Crippen LogP contribution in [0, 0.1) is 0 Å². The van der Waals surface area contributed by atoms with E-state index in [2.05, 4.69) is 4.98 Å². The molecule has 0 spiro atoms. The maximum absolute atomic E-state index is 10.9. The minimum atomic E-state index is -1.05. The van der Waals surface area contributed by atoms with Gasteiger partial charge in [-0.3, -0.25) is 0 Å². The number of carbonyl (C=O) groups is 1. The number of H-pyrrole nitrogens is 1. The van der Waals surface area contributed by atoms with Gasteiger partial charge in [0, 0.05) is 0 Å². The number of aromatic amines is 1. The number of hydrogen-bond donors (Lipinski definition) is 2. The van der Waals surface area contributed by atoms with Crippen LogP contribution in [-0.4, -0.2) is 39.7 Å². The van der Waals surface area contributed by atoms with E-state index in [9.17, 15) is 4.79 Å². The molecule has 0 aliphatic carbocycles. The Morgan fingerprint density at radius 2 is 1.82 bits per heavy atom. The van der Waals surface area contributed by atoms with Crippen molar-refractivity contribution in [2.45, 2.75) is 0 Å². The molecule has 0 radical (unpaired) electrons. The number of carboxylic acid groups (broad SMARTS) is 1. The molecule has 2 heterocycles. The number of nitrogens with zero attached hydrogens (tertiary/aromatic N) is 2. The van der Waals surface area contributed by atoms with E-state index < -0.39 is 12.6 Å². The van der Waals surface area contributed by atoms with Gasteiger partial charge in [0.1, 0.15) is 10.8 Å². The SMILES string of the molecule is COc1cc(/C=C(\c2nc3ccccc3[nH]2)c2nc3ccccc3s2)ccc1OCC(=O)O. The molecule has 0 amide bonds. The van der Waals surface area contributed by atoms with Gasteiger partial charge in [0.25, 0.3) is 0 Å². The number of fused-ring (bicyclic) bond motifs is 2. The molecule has 0 aliphatic rings. The largest absolute Gasteiger partial charge is 0.493 e. The number of methoxy groups -OCH3 is 1. The molecule has 33 heavy (non-hydrogen) atoms. The molecular weight excluding hydrogens is 438 g/mol. The van der Waals surface area contributed by atoms with E-state index >= 15 is 0 Å². The Labute approximate surface area is 193 Å². The predicted molar refractivity (Wildman–Crippen MR) is 129 cm³/mol. The number of benzene rings is 3. The number of thiazole rings is 1. The first kappa shape index (κ1) is 20.7. The zero-order valence-corrected chi connectivity index (χ0v) is 18.4. The van der Waals surface area contributed by atoms with Crippen molar-refractivity contribution in [1.82, 2.24) is 15.0 Å². The molecular formula is C25H19N3O4S. The molecule has 0 bridgehead atoms. The second-order valence-electron chi connectivity index (χ2n) is 7.24. The fourth-order valence-corrected chi connectivity index (χ4v) is 4.48. The molecule has 5 aromatic rings. The molecule has 2 N–H and O–H groups in total. The first-order chi connectivity index (χ1) is 16.1. The quantitative estimate of drug-likeness (QED) is 0.347. The van der Waals surface area contributed by atoms with Crippen molar-refractivity contribution in [2.24, 2.45) is 0 Å². The molecule has 0 saturated carbocycles. The highest BCUT2D eigenvalue weighted by molar-refractivity contribution is 7.19. The maximum atomic E-state index is 10.9. The summed E-state index contributed by atoms with van der Waals surface area (Å²) < 4.78 is 11.8. The number of nitrogens with one attached hydrogen (secondary N) is 1. The van der Waals surface area contributed by atoms with Gasteiger partial charge >= 0.3 is 5.97 Å². The number of para-hydroxylation sites is 3. The van der Waals surface area contributed by atoms with Crippen LogP contribution < -0.4 is 9.47 Å². The van der Waals surface area contributed by atoms with E-state index in [0.717, 1.165) is 37.4 Å². The predicted octanol–water partition coefficient (Wildman–Crippen LogP) is 5.23. The molecule has 0 fully saturated rings. The van der Waals surface area contributed by atoms with Crippen LogP contribution in [-0.2, 0) is 4.79 Å². The van der Waals surface area contributed by atoms with Crippen LogP contribution in [0.3, 0.4) is 0 Å². The number of rotatable bonds is 7. The van der Waals surface area contributed by atoms with Gasteiger partial charge in [-0.1, -0.05) is 30.3 Å². The summed E-state index contributed by atoms with van der Waals surface area (Å²) >= 11 is 1.59. The molecule has 164 valence electrons. The average molecular weight is 458 g/mol. The summed E-state index contributed by atoms with van der Waals surface area (Å²) in [6.45, 7) is -0.443. The maximum Gasteiger partial charge on any atom is 0.341 e. The minimum absolute atomic E-state index is 0.363. The van der Waals surface area contributed by atoms with Crippen molar-refractivity contribution in [3.8, 4) is 11.5 Å². The zero-order valence-electron chi connectivity index (χ0n) is 17.6. The fourth-order valence-electron chi connectivity index (χ4n) is 3.50. The van der Waals surface area contributed by atoms with E-state index in [1.807, 2.05) is 60.7 Å². The van der Waals surface area contributed by atoms with Gasteiger partial charge in [0.2, 0.25) is 0 Å². The van der Waals surface area contributed by atoms with Crippen molar-refractivity contribution in [3.05, 3.63) is 83.1 Å². The number of aromatic nitrogens is 3. The van der Waals surface area contributed by atoms with Gasteiger partial charge in [-0.15, -0.1) is 11.3 Å². The van der Waals surface area contributed by atoms with Crippen LogP contribution in [0.25, 0.3) is 32.9 Å². The zero-order chi connectivity index (χ0) is 22.8. The molecule has 2 aromatic heterocycles. The fraction of sp³-hybridized carbons (Fsp3) is 0.0800. The Kier molecular flexibility index (Phi) is 5.50. The lowest BCUT2D eigenvalue weighted by Crippen LogP contribution is -2.10. The highest BCUT2D eigenvalue weighted by Gasteiger charge is 2.16. The molecule has 0 aliphatic heterocycles. The molecule has 7 nitrogen and oxygen atoms in total. The van der Waals surface area contributed by atoms with Gasteiger partial charge in [-0.2, -0.15) is 0 Å². The van der Waals surface area contributed by atoms with Crippen molar-refractivity contribution in [3.63, 3.8) is 0 Å². The molecule has 0 saturated heterocycles. The lowest BCUT2D eigenvalue weighted by molar-refractivity contribution is -0.139. The van der Waals surface area contributed by atoms with Crippen molar-refractivity contribution in [2.75, 3.05) is 13.7 Å². The lowest BCUT2D eigenvalue weighted by Gasteiger charge is -2.10. The molecule has 3 aromatic carbocycles. The highest BCUT2D eigenvalue weighted by Crippen LogP contribution is 2.34. The van der Waals surface area contributed by atoms with E-state index in [4.69, 9.17) is 24.5 Å². The standard InChI is InChI=1S/C25H19N3O4S/c1-31-21-13-15(10-11-20(21)32-14-23(29)30)12-16(24-26-17-6-2-3-7-18(17)27-24)25-28-19-8-4-5-9-22(19)33-25/h2-13H,14H2,1H3,(H,26,27)(H,29,30)/b16-12+. The number of hydrogen-bond acceptors (Lipinski definition) is 6.